The van der Waals surface area contributed by atoms with Crippen molar-refractivity contribution in [3.05, 3.63) is 188 Å². The van der Waals surface area contributed by atoms with Gasteiger partial charge in [0.2, 0.25) is 0 Å². The Morgan fingerprint density at radius 1 is 0.365 bits per heavy atom. The summed E-state index contributed by atoms with van der Waals surface area (Å²) in [5, 5.41) is 4.98. The molecule has 0 aliphatic carbocycles. The van der Waals surface area contributed by atoms with Gasteiger partial charge in [0.15, 0.2) is 0 Å². The van der Waals surface area contributed by atoms with Crippen LogP contribution in [0.4, 0.5) is 0 Å². The molecule has 2 aromatic heterocycles. The van der Waals surface area contributed by atoms with Crippen LogP contribution in [0, 0.1) is 0 Å². The molecule has 8 aromatic carbocycles. The van der Waals surface area contributed by atoms with Gasteiger partial charge in [0.25, 0.3) is 0 Å². The molecule has 0 fully saturated rings. The summed E-state index contributed by atoms with van der Waals surface area (Å²) in [4.78, 5) is 0. The number of benzene rings is 8. The first kappa shape index (κ1) is 28.9. The van der Waals surface area contributed by atoms with Gasteiger partial charge in [0.05, 0.1) is 22.1 Å². The minimum atomic E-state index is 0.570. The molecule has 1 aliphatic rings. The van der Waals surface area contributed by atoms with Crippen LogP contribution >= 0.6 is 0 Å². The van der Waals surface area contributed by atoms with Gasteiger partial charge in [-0.3, -0.25) is 0 Å². The molecule has 3 heteroatoms. The molecule has 3 nitrogen and oxygen atoms in total. The van der Waals surface area contributed by atoms with Crippen LogP contribution in [0.5, 0.6) is 5.75 Å². The number of ether oxygens (including phenoxy) is 1. The molecule has 0 bridgehead atoms. The van der Waals surface area contributed by atoms with E-state index in [1.165, 1.54) is 77.0 Å². The molecule has 0 radical (unpaired) electrons. The third-order valence-corrected chi connectivity index (χ3v) is 10.8. The van der Waals surface area contributed by atoms with Crippen LogP contribution in [0.3, 0.4) is 0 Å². The smallest absolute Gasteiger partial charge is 0.127 e. The highest BCUT2D eigenvalue weighted by Crippen LogP contribution is 2.45. The molecule has 0 unspecified atom stereocenters. The molecule has 0 N–H and O–H groups in total. The Labute approximate surface area is 301 Å². The summed E-state index contributed by atoms with van der Waals surface area (Å²) in [6, 6.07) is 66.0. The fourth-order valence-electron chi connectivity index (χ4n) is 8.48. The molecule has 0 atom stereocenters. The van der Waals surface area contributed by atoms with Crippen LogP contribution in [-0.4, -0.2) is 9.13 Å². The van der Waals surface area contributed by atoms with E-state index in [-0.39, 0.29) is 0 Å². The summed E-state index contributed by atoms with van der Waals surface area (Å²) in [6.07, 6.45) is 0. The van der Waals surface area contributed by atoms with Crippen LogP contribution in [0.2, 0.25) is 0 Å². The van der Waals surface area contributed by atoms with Gasteiger partial charge in [0.1, 0.15) is 12.4 Å². The monoisotopic (exact) mass is 664 g/mol. The molecule has 10 aromatic rings. The number of para-hydroxylation sites is 3. The Morgan fingerprint density at radius 2 is 0.962 bits per heavy atom. The number of hydrogen-bond acceptors (Lipinski definition) is 1. The molecule has 11 rings (SSSR count). The van der Waals surface area contributed by atoms with Crippen molar-refractivity contribution in [1.82, 2.24) is 9.13 Å². The van der Waals surface area contributed by atoms with Crippen molar-refractivity contribution in [2.45, 2.75) is 6.61 Å². The molecule has 0 saturated heterocycles. The van der Waals surface area contributed by atoms with Crippen LogP contribution in [0.1, 0.15) is 5.56 Å². The number of fused-ring (bicyclic) bond motifs is 9. The van der Waals surface area contributed by atoms with E-state index in [1.807, 2.05) is 6.07 Å². The predicted molar refractivity (Wildman–Crippen MR) is 216 cm³/mol. The quantitative estimate of drug-likeness (QED) is 0.183. The lowest BCUT2D eigenvalue weighted by atomic mass is 9.88. The fourth-order valence-corrected chi connectivity index (χ4v) is 8.48. The van der Waals surface area contributed by atoms with Crippen LogP contribution in [-0.2, 0) is 6.61 Å². The fraction of sp³-hybridized carbons (Fsp3) is 0.0204. The van der Waals surface area contributed by atoms with Crippen LogP contribution in [0.25, 0.3) is 88.4 Å². The molecule has 52 heavy (non-hydrogen) atoms. The Hall–Kier alpha value is -6.84. The zero-order valence-electron chi connectivity index (χ0n) is 28.3. The second-order valence-electron chi connectivity index (χ2n) is 13.7. The molecule has 3 heterocycles. The Morgan fingerprint density at radius 3 is 1.79 bits per heavy atom. The van der Waals surface area contributed by atoms with Crippen molar-refractivity contribution in [2.24, 2.45) is 0 Å². The average molecular weight is 665 g/mol. The minimum Gasteiger partial charge on any atom is -0.488 e. The maximum atomic E-state index is 6.16. The Balaban J connectivity index is 1.20. The van der Waals surface area contributed by atoms with Crippen molar-refractivity contribution in [1.29, 1.82) is 0 Å². The van der Waals surface area contributed by atoms with Gasteiger partial charge >= 0.3 is 0 Å². The van der Waals surface area contributed by atoms with Crippen molar-refractivity contribution < 1.29 is 4.74 Å². The topological polar surface area (TPSA) is 19.1 Å². The van der Waals surface area contributed by atoms with Crippen molar-refractivity contribution >= 4 is 43.6 Å². The van der Waals surface area contributed by atoms with E-state index in [1.54, 1.807) is 0 Å². The lowest BCUT2D eigenvalue weighted by Crippen LogP contribution is -2.06. The van der Waals surface area contributed by atoms with Crippen molar-refractivity contribution in [2.75, 3.05) is 0 Å². The van der Waals surface area contributed by atoms with E-state index in [0.717, 1.165) is 22.7 Å². The second-order valence-corrected chi connectivity index (χ2v) is 13.7. The average Bonchev–Trinajstić information content (AvgIpc) is 3.73. The highest BCUT2D eigenvalue weighted by Gasteiger charge is 2.22. The lowest BCUT2D eigenvalue weighted by molar-refractivity contribution is 0.302. The summed E-state index contributed by atoms with van der Waals surface area (Å²) < 4.78 is 11.0. The minimum absolute atomic E-state index is 0.570. The first-order valence-electron chi connectivity index (χ1n) is 17.9. The van der Waals surface area contributed by atoms with Gasteiger partial charge in [-0.15, -0.1) is 0 Å². The first-order chi connectivity index (χ1) is 25.8. The molecule has 0 amide bonds. The summed E-state index contributed by atoms with van der Waals surface area (Å²) in [6.45, 7) is 0.570. The Kier molecular flexibility index (Phi) is 6.31. The number of hydrogen-bond donors (Lipinski definition) is 0. The number of aromatic nitrogens is 2. The van der Waals surface area contributed by atoms with Crippen LogP contribution < -0.4 is 4.74 Å². The number of nitrogens with zero attached hydrogens (tertiary/aromatic N) is 2. The summed E-state index contributed by atoms with van der Waals surface area (Å²) >= 11 is 0. The van der Waals surface area contributed by atoms with E-state index in [9.17, 15) is 0 Å². The van der Waals surface area contributed by atoms with Crippen molar-refractivity contribution in [3.8, 4) is 50.5 Å². The van der Waals surface area contributed by atoms with Crippen molar-refractivity contribution in [3.63, 3.8) is 0 Å². The third-order valence-electron chi connectivity index (χ3n) is 10.8. The standard InChI is InChI=1S/C49H32N2O/c1-2-12-32(13-3-1)33-14-10-16-36(28-33)51-46-29-34(38-20-11-15-35-31-52-48-23-9-6-19-43(48)49(35)38)24-26-41(46)42-27-25-37(30-47(42)51)50-44-21-7-4-17-39(44)40-18-5-8-22-45(40)50/h1-30H,31H2. The van der Waals surface area contributed by atoms with Gasteiger partial charge in [-0.2, -0.15) is 0 Å². The summed E-state index contributed by atoms with van der Waals surface area (Å²) in [7, 11) is 0. The van der Waals surface area contributed by atoms with Gasteiger partial charge in [-0.25, -0.2) is 0 Å². The highest BCUT2D eigenvalue weighted by atomic mass is 16.5. The van der Waals surface area contributed by atoms with E-state index in [0.29, 0.717) is 6.61 Å². The lowest BCUT2D eigenvalue weighted by Gasteiger charge is -2.23. The van der Waals surface area contributed by atoms with E-state index in [4.69, 9.17) is 4.74 Å². The second kappa shape index (κ2) is 11.3. The molecule has 0 saturated carbocycles. The summed E-state index contributed by atoms with van der Waals surface area (Å²) in [5.74, 6) is 0.938. The van der Waals surface area contributed by atoms with Gasteiger partial charge < -0.3 is 13.9 Å². The normalized spacial score (nSPS) is 12.3. The van der Waals surface area contributed by atoms with Crippen LogP contribution in [0.15, 0.2) is 182 Å². The first-order valence-corrected chi connectivity index (χ1v) is 17.9. The SMILES string of the molecule is c1ccc(-c2cccc(-n3c4cc(-c5cccc6c5-c5ccccc5OC6)ccc4c4ccc(-n5c6ccccc6c6ccccc65)cc43)c2)cc1. The molecule has 244 valence electrons. The maximum Gasteiger partial charge on any atom is 0.127 e. The largest absolute Gasteiger partial charge is 0.488 e. The Bertz CT molecular complexity index is 2970. The van der Waals surface area contributed by atoms with Gasteiger partial charge in [0, 0.05) is 38.5 Å². The zero-order valence-corrected chi connectivity index (χ0v) is 28.3. The van der Waals surface area contributed by atoms with E-state index < -0.39 is 0 Å². The molecular formula is C49H32N2O. The highest BCUT2D eigenvalue weighted by molar-refractivity contribution is 6.13. The van der Waals surface area contributed by atoms with E-state index >= 15 is 0 Å². The summed E-state index contributed by atoms with van der Waals surface area (Å²) in [5.41, 5.74) is 15.4. The molecular weight excluding hydrogens is 633 g/mol. The predicted octanol–water partition coefficient (Wildman–Crippen LogP) is 12.8. The molecule has 0 spiro atoms. The molecule has 1 aliphatic heterocycles. The third kappa shape index (κ3) is 4.33. The maximum absolute atomic E-state index is 6.16. The zero-order chi connectivity index (χ0) is 34.2. The number of rotatable bonds is 4. The van der Waals surface area contributed by atoms with E-state index in [2.05, 4.69) is 185 Å². The van der Waals surface area contributed by atoms with Gasteiger partial charge in [-0.05, 0) is 81.9 Å². The van der Waals surface area contributed by atoms with Gasteiger partial charge in [-0.1, -0.05) is 133 Å².